The van der Waals surface area contributed by atoms with Crippen LogP contribution in [0.15, 0.2) is 72.3 Å². The molecule has 0 spiro atoms. The lowest BCUT2D eigenvalue weighted by Crippen LogP contribution is -2.21. The quantitative estimate of drug-likeness (QED) is 0.363. The molecule has 4 nitrogen and oxygen atoms in total. The zero-order valence-electron chi connectivity index (χ0n) is 19.1. The summed E-state index contributed by atoms with van der Waals surface area (Å²) in [5.74, 6) is 0.604. The minimum atomic E-state index is -1.21. The van der Waals surface area contributed by atoms with Crippen LogP contribution >= 0.6 is 7.80 Å². The normalized spacial score (nSPS) is 12.9. The Morgan fingerprint density at radius 3 is 2.45 bits per heavy atom. The second-order valence-electron chi connectivity index (χ2n) is 8.45. The Balaban J connectivity index is 1.44. The predicted octanol–water partition coefficient (Wildman–Crippen LogP) is 7.20. The fourth-order valence-corrected chi connectivity index (χ4v) is 5.20. The highest BCUT2D eigenvalue weighted by molar-refractivity contribution is 7.43. The van der Waals surface area contributed by atoms with Crippen molar-refractivity contribution in [2.24, 2.45) is 0 Å². The van der Waals surface area contributed by atoms with Crippen LogP contribution in [-0.2, 0) is 15.5 Å². The van der Waals surface area contributed by atoms with Gasteiger partial charge >= 0.3 is 7.80 Å². The monoisotopic (exact) mass is 458 g/mol. The van der Waals surface area contributed by atoms with E-state index < -0.39 is 7.80 Å². The molecule has 3 aromatic carbocycles. The van der Waals surface area contributed by atoms with E-state index >= 15 is 0 Å². The minimum absolute atomic E-state index is 0.178. The average Bonchev–Trinajstić information content (AvgIpc) is 2.83. The van der Waals surface area contributed by atoms with Gasteiger partial charge in [0.25, 0.3) is 5.91 Å². The van der Waals surface area contributed by atoms with Crippen LogP contribution in [0.3, 0.4) is 0 Å². The number of fused-ring (bicyclic) bond motifs is 1. The summed E-state index contributed by atoms with van der Waals surface area (Å²) in [6.07, 6.45) is 5.31. The molecule has 0 radical (unpaired) electrons. The van der Waals surface area contributed by atoms with Crippen LogP contribution in [-0.4, -0.2) is 18.7 Å². The Morgan fingerprint density at radius 1 is 1.00 bits per heavy atom. The zero-order chi connectivity index (χ0) is 23.2. The van der Waals surface area contributed by atoms with Crippen LogP contribution in [0, 0.1) is 6.92 Å². The summed E-state index contributed by atoms with van der Waals surface area (Å²) in [5.41, 5.74) is 6.66. The third-order valence-corrected chi connectivity index (χ3v) is 7.26. The number of benzene rings is 3. The molecule has 168 valence electrons. The summed E-state index contributed by atoms with van der Waals surface area (Å²) in [6, 6.07) is 22.0. The summed E-state index contributed by atoms with van der Waals surface area (Å²) >= 11 is 0. The third-order valence-electron chi connectivity index (χ3n) is 5.73. The smallest absolute Gasteiger partial charge is 0.343 e. The second kappa shape index (κ2) is 10.6. The average molecular weight is 459 g/mol. The maximum absolute atomic E-state index is 12.8. The van der Waals surface area contributed by atoms with Crippen LogP contribution in [0.1, 0.15) is 36.5 Å². The Labute approximate surface area is 196 Å². The topological polar surface area (TPSA) is 55.4 Å². The van der Waals surface area contributed by atoms with Crippen molar-refractivity contribution < 1.29 is 14.1 Å². The first-order valence-corrected chi connectivity index (χ1v) is 13.0. The van der Waals surface area contributed by atoms with Gasteiger partial charge in [0.05, 0.1) is 5.57 Å². The molecule has 1 unspecified atom stereocenters. The van der Waals surface area contributed by atoms with Crippen molar-refractivity contribution in [1.82, 2.24) is 0 Å². The molecule has 1 N–H and O–H groups in total. The van der Waals surface area contributed by atoms with Crippen molar-refractivity contribution >= 4 is 25.5 Å². The van der Waals surface area contributed by atoms with Crippen LogP contribution < -0.4 is 10.1 Å². The number of amides is 1. The van der Waals surface area contributed by atoms with Crippen LogP contribution in [0.25, 0.3) is 17.2 Å². The standard InChI is InChI=1S/C28H28NO3P/c1-3-4-15-33(31)19-21-7-12-26(13-8-21)29-28(30)25-17-24-16-23(11-14-27(24)32-18-25)22-9-5-20(2)6-10-22/h5-14,16-17H,3-4,15,18-19H2,1-2H3/p+1. The van der Waals surface area contributed by atoms with Crippen LogP contribution in [0.5, 0.6) is 5.75 Å². The number of carbonyl (C=O) groups is 1. The van der Waals surface area contributed by atoms with E-state index in [-0.39, 0.29) is 12.5 Å². The van der Waals surface area contributed by atoms with Crippen LogP contribution in [0.2, 0.25) is 0 Å². The number of carbonyl (C=O) groups excluding carboxylic acids is 1. The highest BCUT2D eigenvalue weighted by Crippen LogP contribution is 2.32. The Hall–Kier alpha value is -3.23. The van der Waals surface area contributed by atoms with Gasteiger partial charge in [-0.15, -0.1) is 0 Å². The van der Waals surface area contributed by atoms with Gasteiger partial charge in [0, 0.05) is 11.3 Å². The highest BCUT2D eigenvalue weighted by atomic mass is 31.1. The lowest BCUT2D eigenvalue weighted by Gasteiger charge is -2.18. The fraction of sp³-hybridized carbons (Fsp3) is 0.250. The summed E-state index contributed by atoms with van der Waals surface area (Å²) < 4.78 is 18.0. The van der Waals surface area contributed by atoms with Gasteiger partial charge in [-0.3, -0.25) is 4.79 Å². The number of rotatable bonds is 8. The van der Waals surface area contributed by atoms with Gasteiger partial charge in [-0.25, -0.2) is 0 Å². The van der Waals surface area contributed by atoms with Crippen molar-refractivity contribution in [3.05, 3.63) is 89.0 Å². The minimum Gasteiger partial charge on any atom is -0.488 e. The number of anilines is 1. The lowest BCUT2D eigenvalue weighted by atomic mass is 9.99. The van der Waals surface area contributed by atoms with E-state index in [9.17, 15) is 9.36 Å². The molecule has 0 saturated carbocycles. The van der Waals surface area contributed by atoms with Crippen molar-refractivity contribution in [3.8, 4) is 16.9 Å². The first-order chi connectivity index (χ1) is 16.0. The van der Waals surface area contributed by atoms with Crippen LogP contribution in [0.4, 0.5) is 5.69 Å². The van der Waals surface area contributed by atoms with E-state index in [0.29, 0.717) is 17.4 Å². The zero-order valence-corrected chi connectivity index (χ0v) is 20.0. The van der Waals surface area contributed by atoms with Gasteiger partial charge in [0.15, 0.2) is 6.16 Å². The summed E-state index contributed by atoms with van der Waals surface area (Å²) in [7, 11) is -1.21. The molecule has 1 atom stereocenters. The molecule has 1 amide bonds. The number of nitrogens with one attached hydrogen (secondary N) is 1. The number of unbranched alkanes of at least 4 members (excludes halogenated alkanes) is 1. The molecular weight excluding hydrogens is 429 g/mol. The SMILES string of the molecule is CCCC[P+](=O)Cc1ccc(NC(=O)C2=Cc3cc(-c4ccc(C)cc4)ccc3OC2)cc1. The van der Waals surface area contributed by atoms with Gasteiger partial charge in [-0.05, 0) is 60.4 Å². The summed E-state index contributed by atoms with van der Waals surface area (Å²) in [5, 5.41) is 2.95. The number of aryl methyl sites for hydroxylation is 1. The van der Waals surface area contributed by atoms with Gasteiger partial charge in [0.1, 0.15) is 18.5 Å². The fourth-order valence-electron chi connectivity index (χ4n) is 3.76. The first-order valence-electron chi connectivity index (χ1n) is 11.4. The van der Waals surface area contributed by atoms with Gasteiger partial charge in [-0.2, -0.15) is 0 Å². The Kier molecular flexibility index (Phi) is 7.36. The van der Waals surface area contributed by atoms with Crippen molar-refractivity contribution in [1.29, 1.82) is 0 Å². The first kappa shape index (κ1) is 22.9. The summed E-state index contributed by atoms with van der Waals surface area (Å²) in [6.45, 7) is 4.41. The van der Waals surface area contributed by atoms with Crippen molar-refractivity contribution in [3.63, 3.8) is 0 Å². The Morgan fingerprint density at radius 2 is 1.73 bits per heavy atom. The molecule has 0 fully saturated rings. The van der Waals surface area contributed by atoms with Crippen molar-refractivity contribution in [2.45, 2.75) is 32.9 Å². The maximum Gasteiger partial charge on any atom is 0.343 e. The molecular formula is C28H29NO3P+. The van der Waals surface area contributed by atoms with E-state index in [1.54, 1.807) is 0 Å². The van der Waals surface area contributed by atoms with E-state index in [1.807, 2.05) is 42.5 Å². The molecule has 1 heterocycles. The third kappa shape index (κ3) is 5.97. The maximum atomic E-state index is 12.8. The number of hydrogen-bond acceptors (Lipinski definition) is 3. The molecule has 0 saturated heterocycles. The van der Waals surface area contributed by atoms with E-state index in [1.165, 1.54) is 5.56 Å². The molecule has 5 heteroatoms. The van der Waals surface area contributed by atoms with E-state index in [0.717, 1.165) is 47.0 Å². The molecule has 0 aromatic heterocycles. The van der Waals surface area contributed by atoms with E-state index in [2.05, 4.69) is 49.5 Å². The highest BCUT2D eigenvalue weighted by Gasteiger charge is 2.19. The molecule has 4 rings (SSSR count). The predicted molar refractivity (Wildman–Crippen MR) is 136 cm³/mol. The van der Waals surface area contributed by atoms with Gasteiger partial charge in [-0.1, -0.05) is 65.9 Å². The Bertz CT molecular complexity index is 1180. The molecule has 1 aliphatic rings. The van der Waals surface area contributed by atoms with Gasteiger partial charge < -0.3 is 10.1 Å². The van der Waals surface area contributed by atoms with Crippen molar-refractivity contribution in [2.75, 3.05) is 18.1 Å². The lowest BCUT2D eigenvalue weighted by molar-refractivity contribution is -0.113. The molecule has 33 heavy (non-hydrogen) atoms. The second-order valence-corrected chi connectivity index (χ2v) is 10.2. The molecule has 0 bridgehead atoms. The largest absolute Gasteiger partial charge is 0.488 e. The molecule has 1 aliphatic heterocycles. The van der Waals surface area contributed by atoms with Gasteiger partial charge in [0.2, 0.25) is 0 Å². The summed E-state index contributed by atoms with van der Waals surface area (Å²) in [4.78, 5) is 12.8. The van der Waals surface area contributed by atoms with E-state index in [4.69, 9.17) is 4.74 Å². The number of hydrogen-bond donors (Lipinski definition) is 1. The molecule has 3 aromatic rings. The number of ether oxygens (including phenoxy) is 1. The molecule has 0 aliphatic carbocycles.